The number of rotatable bonds is 3. The molecule has 0 aromatic rings. The summed E-state index contributed by atoms with van der Waals surface area (Å²) in [5.41, 5.74) is 0. The normalized spacial score (nSPS) is 16.0. The van der Waals surface area contributed by atoms with E-state index in [0.717, 1.165) is 0 Å². The Morgan fingerprint density at radius 1 is 1.80 bits per heavy atom. The molecule has 0 radical (unpaired) electrons. The van der Waals surface area contributed by atoms with Gasteiger partial charge in [-0.2, -0.15) is 0 Å². The first-order chi connectivity index (χ1) is 4.54. The van der Waals surface area contributed by atoms with Gasteiger partial charge >= 0.3 is 5.97 Å². The Kier molecular flexibility index (Phi) is 3.75. The minimum absolute atomic E-state index is 0.308. The predicted molar refractivity (Wildman–Crippen MR) is 40.9 cm³/mol. The van der Waals surface area contributed by atoms with Gasteiger partial charge in [-0.3, -0.25) is 0 Å². The smallest absolute Gasteiger partial charge is 0.348 e. The van der Waals surface area contributed by atoms with Gasteiger partial charge in [0, 0.05) is 0 Å². The Bertz CT molecular complexity index is 122. The van der Waals surface area contributed by atoms with Crippen LogP contribution in [-0.4, -0.2) is 23.1 Å². The van der Waals surface area contributed by atoms with Gasteiger partial charge in [0.2, 0.25) is 4.93 Å². The molecule has 0 fully saturated rings. The van der Waals surface area contributed by atoms with Crippen molar-refractivity contribution in [2.75, 3.05) is 7.11 Å². The molecule has 0 aliphatic heterocycles. The maximum atomic E-state index is 10.7. The van der Waals surface area contributed by atoms with E-state index in [2.05, 4.69) is 17.4 Å². The molecule has 10 heavy (non-hydrogen) atoms. The summed E-state index contributed by atoms with van der Waals surface area (Å²) in [6.45, 7) is 1.85. The van der Waals surface area contributed by atoms with Crippen LogP contribution in [0.15, 0.2) is 0 Å². The maximum Gasteiger partial charge on any atom is 0.348 e. The number of hydrogen-bond donors (Lipinski definition) is 2. The molecule has 0 spiro atoms. The number of thiol groups is 1. The molecule has 1 atom stereocenters. The molecular weight excluding hydrogens is 152 g/mol. The van der Waals surface area contributed by atoms with E-state index in [4.69, 9.17) is 0 Å². The second-order valence-electron chi connectivity index (χ2n) is 2.06. The summed E-state index contributed by atoms with van der Waals surface area (Å²) in [5.74, 6) is -0.697. The van der Waals surface area contributed by atoms with Gasteiger partial charge in [0.15, 0.2) is 0 Å². The van der Waals surface area contributed by atoms with Crippen molar-refractivity contribution in [2.24, 2.45) is 0 Å². The minimum atomic E-state index is -1.61. The van der Waals surface area contributed by atoms with Gasteiger partial charge in [-0.1, -0.05) is 13.3 Å². The molecule has 3 nitrogen and oxygen atoms in total. The molecule has 0 saturated heterocycles. The zero-order valence-electron chi connectivity index (χ0n) is 6.13. The first kappa shape index (κ1) is 9.78. The van der Waals surface area contributed by atoms with Crippen LogP contribution in [0.5, 0.6) is 0 Å². The van der Waals surface area contributed by atoms with Crippen molar-refractivity contribution in [3.63, 3.8) is 0 Å². The fourth-order valence-corrected chi connectivity index (χ4v) is 0.929. The lowest BCUT2D eigenvalue weighted by molar-refractivity contribution is -0.153. The third kappa shape index (κ3) is 2.58. The van der Waals surface area contributed by atoms with Crippen molar-refractivity contribution in [1.82, 2.24) is 0 Å². The van der Waals surface area contributed by atoms with Crippen molar-refractivity contribution < 1.29 is 14.6 Å². The lowest BCUT2D eigenvalue weighted by Crippen LogP contribution is -2.33. The molecule has 0 aromatic heterocycles. The standard InChI is InChI=1S/C6H12O3S/c1-3-4-6(8,10)5(7)9-2/h8,10H,3-4H2,1-2H3. The number of hydrogen-bond acceptors (Lipinski definition) is 4. The Labute approximate surface area is 65.8 Å². The second kappa shape index (κ2) is 3.83. The predicted octanol–water partition coefficient (Wildman–Crippen LogP) is 0.578. The molecule has 0 aromatic carbocycles. The number of esters is 1. The van der Waals surface area contributed by atoms with Crippen molar-refractivity contribution in [3.05, 3.63) is 0 Å². The van der Waals surface area contributed by atoms with E-state index in [-0.39, 0.29) is 0 Å². The molecule has 1 unspecified atom stereocenters. The summed E-state index contributed by atoms with van der Waals surface area (Å²) in [7, 11) is 1.22. The number of methoxy groups -OCH3 is 1. The van der Waals surface area contributed by atoms with Crippen LogP contribution in [0.4, 0.5) is 0 Å². The zero-order valence-corrected chi connectivity index (χ0v) is 7.02. The Balaban J connectivity index is 3.96. The number of carbonyl (C=O) groups is 1. The molecule has 0 heterocycles. The van der Waals surface area contributed by atoms with Crippen LogP contribution >= 0.6 is 12.6 Å². The molecular formula is C6H12O3S. The third-order valence-electron chi connectivity index (χ3n) is 1.11. The molecule has 0 amide bonds. The van der Waals surface area contributed by atoms with Crippen LogP contribution in [0.25, 0.3) is 0 Å². The van der Waals surface area contributed by atoms with Crippen LogP contribution in [0.1, 0.15) is 19.8 Å². The molecule has 0 saturated carbocycles. The molecule has 0 aliphatic rings. The largest absolute Gasteiger partial charge is 0.466 e. The first-order valence-corrected chi connectivity index (χ1v) is 3.52. The van der Waals surface area contributed by atoms with E-state index in [1.165, 1.54) is 7.11 Å². The summed E-state index contributed by atoms with van der Waals surface area (Å²) in [6, 6.07) is 0. The highest BCUT2D eigenvalue weighted by Gasteiger charge is 2.31. The Morgan fingerprint density at radius 3 is 2.60 bits per heavy atom. The number of carbonyl (C=O) groups excluding carboxylic acids is 1. The van der Waals surface area contributed by atoms with E-state index in [0.29, 0.717) is 12.8 Å². The molecule has 4 heteroatoms. The maximum absolute atomic E-state index is 10.7. The van der Waals surface area contributed by atoms with E-state index >= 15 is 0 Å². The third-order valence-corrected chi connectivity index (χ3v) is 1.52. The van der Waals surface area contributed by atoms with Gasteiger partial charge in [-0.05, 0) is 6.42 Å². The minimum Gasteiger partial charge on any atom is -0.466 e. The second-order valence-corrected chi connectivity index (χ2v) is 2.80. The van der Waals surface area contributed by atoms with Crippen molar-refractivity contribution in [1.29, 1.82) is 0 Å². The van der Waals surface area contributed by atoms with Gasteiger partial charge < -0.3 is 9.84 Å². The molecule has 1 N–H and O–H groups in total. The number of ether oxygens (including phenoxy) is 1. The first-order valence-electron chi connectivity index (χ1n) is 3.07. The quantitative estimate of drug-likeness (QED) is 0.364. The van der Waals surface area contributed by atoms with Crippen LogP contribution < -0.4 is 0 Å². The van der Waals surface area contributed by atoms with Crippen LogP contribution in [0.3, 0.4) is 0 Å². The van der Waals surface area contributed by atoms with Crippen molar-refractivity contribution in [2.45, 2.75) is 24.7 Å². The van der Waals surface area contributed by atoms with Gasteiger partial charge in [-0.15, -0.1) is 12.6 Å². The van der Waals surface area contributed by atoms with Gasteiger partial charge in [0.25, 0.3) is 0 Å². The van der Waals surface area contributed by atoms with Crippen molar-refractivity contribution >= 4 is 18.6 Å². The van der Waals surface area contributed by atoms with E-state index in [1.807, 2.05) is 6.92 Å². The van der Waals surface area contributed by atoms with E-state index in [9.17, 15) is 9.90 Å². The number of aliphatic hydroxyl groups is 1. The van der Waals surface area contributed by atoms with Crippen molar-refractivity contribution in [3.8, 4) is 0 Å². The highest BCUT2D eigenvalue weighted by molar-refractivity contribution is 7.82. The fourth-order valence-electron chi connectivity index (χ4n) is 0.614. The van der Waals surface area contributed by atoms with Crippen LogP contribution in [0.2, 0.25) is 0 Å². The van der Waals surface area contributed by atoms with Gasteiger partial charge in [0.1, 0.15) is 0 Å². The summed E-state index contributed by atoms with van der Waals surface area (Å²) in [4.78, 5) is 9.07. The SMILES string of the molecule is CCCC(O)(S)C(=O)OC. The van der Waals surface area contributed by atoms with Gasteiger partial charge in [0.05, 0.1) is 7.11 Å². The molecule has 60 valence electrons. The lowest BCUT2D eigenvalue weighted by atomic mass is 10.2. The summed E-state index contributed by atoms with van der Waals surface area (Å²) < 4.78 is 4.30. The lowest BCUT2D eigenvalue weighted by Gasteiger charge is -2.17. The van der Waals surface area contributed by atoms with E-state index in [1.54, 1.807) is 0 Å². The summed E-state index contributed by atoms with van der Waals surface area (Å²) in [5, 5.41) is 9.17. The Hall–Kier alpha value is -0.220. The molecule has 0 rings (SSSR count). The molecule has 0 bridgehead atoms. The monoisotopic (exact) mass is 164 g/mol. The van der Waals surface area contributed by atoms with Crippen LogP contribution in [0, 0.1) is 0 Å². The highest BCUT2D eigenvalue weighted by atomic mass is 32.1. The average molecular weight is 164 g/mol. The Morgan fingerprint density at radius 2 is 2.30 bits per heavy atom. The van der Waals surface area contributed by atoms with E-state index < -0.39 is 10.9 Å². The van der Waals surface area contributed by atoms with Gasteiger partial charge in [-0.25, -0.2) is 4.79 Å². The topological polar surface area (TPSA) is 46.5 Å². The average Bonchev–Trinajstić information content (AvgIpc) is 1.86. The summed E-state index contributed by atoms with van der Waals surface area (Å²) in [6.07, 6.45) is 0.998. The molecule has 0 aliphatic carbocycles. The highest BCUT2D eigenvalue weighted by Crippen LogP contribution is 2.18. The van der Waals surface area contributed by atoms with Crippen LogP contribution in [-0.2, 0) is 9.53 Å². The summed E-state index contributed by atoms with van der Waals surface area (Å²) >= 11 is 3.72. The zero-order chi connectivity index (χ0) is 8.20. The fraction of sp³-hybridized carbons (Fsp3) is 0.833.